The van der Waals surface area contributed by atoms with Gasteiger partial charge in [-0.2, -0.15) is 0 Å². The number of rotatable bonds is 6. The molecule has 0 aliphatic carbocycles. The van der Waals surface area contributed by atoms with Crippen molar-refractivity contribution < 1.29 is 0 Å². The standard InChI is InChI=1S/C16H24/c1-5-8-9-14-10-11-16(13(4)6-2)15(7-3)12-14/h7,10-13H,3,5-6,8-9H2,1-2,4H3. The van der Waals surface area contributed by atoms with Crippen LogP contribution in [0.15, 0.2) is 24.8 Å². The topological polar surface area (TPSA) is 0 Å². The second-order valence-electron chi connectivity index (χ2n) is 4.58. The van der Waals surface area contributed by atoms with Gasteiger partial charge in [-0.05, 0) is 41.9 Å². The van der Waals surface area contributed by atoms with Crippen molar-refractivity contribution in [3.05, 3.63) is 41.5 Å². The lowest BCUT2D eigenvalue weighted by atomic mass is 9.91. The molecule has 0 heterocycles. The van der Waals surface area contributed by atoms with Gasteiger partial charge >= 0.3 is 0 Å². The predicted molar refractivity (Wildman–Crippen MR) is 73.9 cm³/mol. The van der Waals surface area contributed by atoms with Crippen LogP contribution in [0.1, 0.15) is 62.6 Å². The second-order valence-corrected chi connectivity index (χ2v) is 4.58. The lowest BCUT2D eigenvalue weighted by Gasteiger charge is -2.14. The Hall–Kier alpha value is -1.04. The van der Waals surface area contributed by atoms with Gasteiger partial charge in [0.05, 0.1) is 0 Å². The number of hydrogen-bond acceptors (Lipinski definition) is 0. The molecule has 0 aromatic heterocycles. The Balaban J connectivity index is 2.92. The fraction of sp³-hybridized carbons (Fsp3) is 0.500. The summed E-state index contributed by atoms with van der Waals surface area (Å²) in [7, 11) is 0. The normalized spacial score (nSPS) is 12.4. The summed E-state index contributed by atoms with van der Waals surface area (Å²) in [6, 6.07) is 6.88. The van der Waals surface area contributed by atoms with E-state index in [-0.39, 0.29) is 0 Å². The van der Waals surface area contributed by atoms with E-state index >= 15 is 0 Å². The first-order valence-corrected chi connectivity index (χ1v) is 6.48. The molecule has 0 amide bonds. The lowest BCUT2D eigenvalue weighted by Crippen LogP contribution is -1.96. The highest BCUT2D eigenvalue weighted by atomic mass is 14.1. The molecule has 0 aliphatic rings. The summed E-state index contributed by atoms with van der Waals surface area (Å²) in [5.74, 6) is 0.633. The molecule has 0 nitrogen and oxygen atoms in total. The molecular weight excluding hydrogens is 192 g/mol. The van der Waals surface area contributed by atoms with Crippen LogP contribution < -0.4 is 0 Å². The van der Waals surface area contributed by atoms with Crippen molar-refractivity contribution in [1.82, 2.24) is 0 Å². The Bertz CT molecular complexity index is 336. The molecule has 1 aromatic rings. The molecule has 0 fully saturated rings. The summed E-state index contributed by atoms with van der Waals surface area (Å²) in [5.41, 5.74) is 4.21. The minimum Gasteiger partial charge on any atom is -0.0985 e. The van der Waals surface area contributed by atoms with Gasteiger partial charge in [-0.3, -0.25) is 0 Å². The van der Waals surface area contributed by atoms with Gasteiger partial charge in [-0.1, -0.05) is 58.0 Å². The van der Waals surface area contributed by atoms with Crippen LogP contribution in [0.2, 0.25) is 0 Å². The van der Waals surface area contributed by atoms with Gasteiger partial charge < -0.3 is 0 Å². The third-order valence-corrected chi connectivity index (χ3v) is 3.33. The third-order valence-electron chi connectivity index (χ3n) is 3.33. The molecule has 0 saturated heterocycles. The van der Waals surface area contributed by atoms with E-state index < -0.39 is 0 Å². The first-order valence-electron chi connectivity index (χ1n) is 6.48. The van der Waals surface area contributed by atoms with Crippen LogP contribution in [0.25, 0.3) is 6.08 Å². The van der Waals surface area contributed by atoms with Crippen molar-refractivity contribution in [2.24, 2.45) is 0 Å². The van der Waals surface area contributed by atoms with E-state index in [0.29, 0.717) is 5.92 Å². The number of benzene rings is 1. The van der Waals surface area contributed by atoms with Crippen molar-refractivity contribution in [3.8, 4) is 0 Å². The molecule has 0 aliphatic heterocycles. The number of aryl methyl sites for hydroxylation is 1. The van der Waals surface area contributed by atoms with Gasteiger partial charge in [0.1, 0.15) is 0 Å². The van der Waals surface area contributed by atoms with Gasteiger partial charge in [0.2, 0.25) is 0 Å². The zero-order valence-electron chi connectivity index (χ0n) is 10.9. The van der Waals surface area contributed by atoms with Gasteiger partial charge in [0.15, 0.2) is 0 Å². The Morgan fingerprint density at radius 1 is 1.31 bits per heavy atom. The molecule has 88 valence electrons. The molecule has 0 saturated carbocycles. The molecule has 0 bridgehead atoms. The van der Waals surface area contributed by atoms with E-state index in [1.54, 1.807) is 0 Å². The molecule has 0 N–H and O–H groups in total. The van der Waals surface area contributed by atoms with Gasteiger partial charge in [-0.15, -0.1) is 0 Å². The Morgan fingerprint density at radius 2 is 2.06 bits per heavy atom. The SMILES string of the molecule is C=Cc1cc(CCCC)ccc1C(C)CC. The van der Waals surface area contributed by atoms with Gasteiger partial charge in [0, 0.05) is 0 Å². The quantitative estimate of drug-likeness (QED) is 0.614. The fourth-order valence-electron chi connectivity index (χ4n) is 2.01. The van der Waals surface area contributed by atoms with Crippen LogP contribution in [0.5, 0.6) is 0 Å². The van der Waals surface area contributed by atoms with Crippen molar-refractivity contribution in [1.29, 1.82) is 0 Å². The number of hydrogen-bond donors (Lipinski definition) is 0. The van der Waals surface area contributed by atoms with Crippen LogP contribution in [0.4, 0.5) is 0 Å². The predicted octanol–water partition coefficient (Wildman–Crippen LogP) is 5.19. The fourth-order valence-corrected chi connectivity index (χ4v) is 2.01. The molecule has 16 heavy (non-hydrogen) atoms. The first kappa shape index (κ1) is 13.0. The van der Waals surface area contributed by atoms with Crippen LogP contribution >= 0.6 is 0 Å². The highest BCUT2D eigenvalue weighted by Gasteiger charge is 2.07. The largest absolute Gasteiger partial charge is 0.0985 e. The number of unbranched alkanes of at least 4 members (excludes halogenated alkanes) is 1. The summed E-state index contributed by atoms with van der Waals surface area (Å²) in [5, 5.41) is 0. The van der Waals surface area contributed by atoms with Crippen molar-refractivity contribution in [2.75, 3.05) is 0 Å². The molecular formula is C16H24. The van der Waals surface area contributed by atoms with Crippen molar-refractivity contribution in [2.45, 2.75) is 52.4 Å². The molecule has 0 spiro atoms. The molecule has 1 aromatic carbocycles. The average molecular weight is 216 g/mol. The smallest absolute Gasteiger partial charge is 0.0187 e. The molecule has 1 unspecified atom stereocenters. The van der Waals surface area contributed by atoms with E-state index in [0.717, 1.165) is 0 Å². The monoisotopic (exact) mass is 216 g/mol. The van der Waals surface area contributed by atoms with Crippen molar-refractivity contribution in [3.63, 3.8) is 0 Å². The Morgan fingerprint density at radius 3 is 2.62 bits per heavy atom. The molecule has 1 rings (SSSR count). The Kier molecular flexibility index (Phi) is 5.31. The summed E-state index contributed by atoms with van der Waals surface area (Å²) in [6.45, 7) is 10.7. The average Bonchev–Trinajstić information content (AvgIpc) is 2.34. The van der Waals surface area contributed by atoms with Crippen LogP contribution in [-0.4, -0.2) is 0 Å². The maximum Gasteiger partial charge on any atom is -0.0187 e. The lowest BCUT2D eigenvalue weighted by molar-refractivity contribution is 0.730. The van der Waals surface area contributed by atoms with Crippen molar-refractivity contribution >= 4 is 6.08 Å². The molecule has 0 radical (unpaired) electrons. The summed E-state index contributed by atoms with van der Waals surface area (Å²) in [4.78, 5) is 0. The van der Waals surface area contributed by atoms with Crippen LogP contribution in [-0.2, 0) is 6.42 Å². The van der Waals surface area contributed by atoms with E-state index in [2.05, 4.69) is 45.5 Å². The maximum absolute atomic E-state index is 3.93. The summed E-state index contributed by atoms with van der Waals surface area (Å²) in [6.07, 6.45) is 6.92. The zero-order valence-corrected chi connectivity index (χ0v) is 10.9. The van der Waals surface area contributed by atoms with Crippen LogP contribution in [0, 0.1) is 0 Å². The zero-order chi connectivity index (χ0) is 12.0. The van der Waals surface area contributed by atoms with Crippen LogP contribution in [0.3, 0.4) is 0 Å². The van der Waals surface area contributed by atoms with Gasteiger partial charge in [0.25, 0.3) is 0 Å². The third kappa shape index (κ3) is 3.23. The van der Waals surface area contributed by atoms with E-state index in [4.69, 9.17) is 0 Å². The summed E-state index contributed by atoms with van der Waals surface area (Å²) < 4.78 is 0. The van der Waals surface area contributed by atoms with E-state index in [9.17, 15) is 0 Å². The first-order chi connectivity index (χ1) is 7.72. The maximum atomic E-state index is 3.93. The highest BCUT2D eigenvalue weighted by molar-refractivity contribution is 5.54. The summed E-state index contributed by atoms with van der Waals surface area (Å²) >= 11 is 0. The minimum atomic E-state index is 0.633. The second kappa shape index (κ2) is 6.52. The highest BCUT2D eigenvalue weighted by Crippen LogP contribution is 2.25. The van der Waals surface area contributed by atoms with E-state index in [1.807, 2.05) is 6.08 Å². The minimum absolute atomic E-state index is 0.633. The Labute approximate surface area is 100 Å². The van der Waals surface area contributed by atoms with Gasteiger partial charge in [-0.25, -0.2) is 0 Å². The molecule has 0 heteroatoms. The molecule has 1 atom stereocenters. The van der Waals surface area contributed by atoms with E-state index in [1.165, 1.54) is 42.4 Å².